The van der Waals surface area contributed by atoms with E-state index in [1.807, 2.05) is 37.3 Å². The molecule has 2 heterocycles. The van der Waals surface area contributed by atoms with Gasteiger partial charge in [-0.25, -0.2) is 4.79 Å². The number of amides is 1. The predicted octanol–water partition coefficient (Wildman–Crippen LogP) is 5.84. The fraction of sp³-hybridized carbons (Fsp3) is 0.469. The van der Waals surface area contributed by atoms with E-state index >= 15 is 0 Å². The molecule has 0 radical (unpaired) electrons. The van der Waals surface area contributed by atoms with Gasteiger partial charge in [0.15, 0.2) is 5.78 Å². The minimum absolute atomic E-state index is 0.00655. The molecule has 3 atom stereocenters. The van der Waals surface area contributed by atoms with Crippen LogP contribution in [0.1, 0.15) is 60.7 Å². The lowest BCUT2D eigenvalue weighted by atomic mass is 9.76. The van der Waals surface area contributed by atoms with Gasteiger partial charge in [0.1, 0.15) is 11.6 Å². The van der Waals surface area contributed by atoms with Gasteiger partial charge >= 0.3 is 5.97 Å². The third-order valence-corrected chi connectivity index (χ3v) is 8.60. The topological polar surface area (TPSA) is 97.0 Å². The molecule has 1 amide bonds. The number of likely N-dealkylation sites (tertiary alicyclic amines) is 1. The highest BCUT2D eigenvalue weighted by molar-refractivity contribution is 5.94. The average Bonchev–Trinajstić information content (AvgIpc) is 3.60. The molecule has 0 bridgehead atoms. The van der Waals surface area contributed by atoms with Crippen molar-refractivity contribution in [3.8, 4) is 0 Å². The smallest absolute Gasteiger partial charge is 0.371 e. The predicted molar refractivity (Wildman–Crippen MR) is 148 cm³/mol. The molecule has 1 N–H and O–H groups in total. The summed E-state index contributed by atoms with van der Waals surface area (Å²) < 4.78 is 24.8. The number of carboxylic acid groups (broad SMARTS) is 1. The summed E-state index contributed by atoms with van der Waals surface area (Å²) in [6, 6.07) is 15.7. The molecule has 5 rings (SSSR count). The van der Waals surface area contributed by atoms with Gasteiger partial charge in [0, 0.05) is 24.3 Å². The minimum Gasteiger partial charge on any atom is -0.475 e. The minimum atomic E-state index is -1.15. The van der Waals surface area contributed by atoms with Crippen molar-refractivity contribution >= 4 is 28.6 Å². The molecule has 7 nitrogen and oxygen atoms in total. The summed E-state index contributed by atoms with van der Waals surface area (Å²) in [5, 5.41) is 9.84. The van der Waals surface area contributed by atoms with Gasteiger partial charge < -0.3 is 19.2 Å². The Morgan fingerprint density at radius 2 is 1.77 bits per heavy atom. The normalized spacial score (nSPS) is 23.8. The summed E-state index contributed by atoms with van der Waals surface area (Å²) in [5.41, 5.74) is 2.16. The molecule has 1 aliphatic carbocycles. The number of ketones is 1. The van der Waals surface area contributed by atoms with Crippen LogP contribution in [0.4, 0.5) is 4.39 Å². The van der Waals surface area contributed by atoms with Crippen molar-refractivity contribution in [3.63, 3.8) is 0 Å². The molecule has 0 unspecified atom stereocenters. The van der Waals surface area contributed by atoms with Gasteiger partial charge in [-0.15, -0.1) is 0 Å². The summed E-state index contributed by atoms with van der Waals surface area (Å²) in [5.74, 6) is -1.28. The van der Waals surface area contributed by atoms with Gasteiger partial charge in [-0.05, 0) is 73.3 Å². The Morgan fingerprint density at radius 3 is 2.48 bits per heavy atom. The first-order chi connectivity index (χ1) is 19.3. The summed E-state index contributed by atoms with van der Waals surface area (Å²) in [6.07, 6.45) is 3.32. The second kappa shape index (κ2) is 12.3. The Kier molecular flexibility index (Phi) is 8.64. The van der Waals surface area contributed by atoms with Crippen molar-refractivity contribution < 1.29 is 33.0 Å². The number of hydrogen-bond acceptors (Lipinski definition) is 5. The molecule has 2 fully saturated rings. The molecule has 2 aliphatic rings. The van der Waals surface area contributed by atoms with Crippen molar-refractivity contribution in [1.82, 2.24) is 4.90 Å². The van der Waals surface area contributed by atoms with Crippen LogP contribution in [0.2, 0.25) is 0 Å². The third-order valence-electron chi connectivity index (χ3n) is 8.60. The maximum Gasteiger partial charge on any atom is 0.371 e. The average molecular weight is 550 g/mol. The second-order valence-corrected chi connectivity index (χ2v) is 11.3. The summed E-state index contributed by atoms with van der Waals surface area (Å²) >= 11 is 0. The maximum absolute atomic E-state index is 13.8. The molecule has 1 aromatic heterocycles. The van der Waals surface area contributed by atoms with Crippen LogP contribution in [-0.2, 0) is 27.4 Å². The Labute approximate surface area is 233 Å². The van der Waals surface area contributed by atoms with E-state index in [2.05, 4.69) is 0 Å². The highest BCUT2D eigenvalue weighted by Gasteiger charge is 2.44. The van der Waals surface area contributed by atoms with Crippen LogP contribution in [0.25, 0.3) is 11.0 Å². The number of furan rings is 1. The van der Waals surface area contributed by atoms with Crippen molar-refractivity contribution in [2.75, 3.05) is 13.2 Å². The number of benzene rings is 2. The molecule has 2 aromatic carbocycles. The number of fused-ring (bicyclic) bond motifs is 1. The number of carboxylic acids is 1. The lowest BCUT2D eigenvalue weighted by molar-refractivity contribution is -0.144. The molecule has 0 spiro atoms. The first-order valence-electron chi connectivity index (χ1n) is 14.1. The maximum atomic E-state index is 13.8. The second-order valence-electron chi connectivity index (χ2n) is 11.3. The van der Waals surface area contributed by atoms with Crippen LogP contribution >= 0.6 is 0 Å². The zero-order valence-electron chi connectivity index (χ0n) is 22.8. The van der Waals surface area contributed by atoms with E-state index in [0.29, 0.717) is 49.3 Å². The number of aromatic carboxylic acids is 1. The van der Waals surface area contributed by atoms with Gasteiger partial charge in [-0.1, -0.05) is 43.3 Å². The van der Waals surface area contributed by atoms with E-state index in [1.54, 1.807) is 23.1 Å². The van der Waals surface area contributed by atoms with Crippen molar-refractivity contribution in [3.05, 3.63) is 71.5 Å². The molecular weight excluding hydrogens is 513 g/mol. The van der Waals surface area contributed by atoms with Crippen molar-refractivity contribution in [2.45, 2.75) is 64.2 Å². The van der Waals surface area contributed by atoms with Crippen LogP contribution in [0.3, 0.4) is 0 Å². The molecule has 212 valence electrons. The van der Waals surface area contributed by atoms with Crippen LogP contribution in [0.15, 0.2) is 59.0 Å². The van der Waals surface area contributed by atoms with Gasteiger partial charge in [0.25, 0.3) is 0 Å². The number of alkyl halides is 1. The number of Topliss-reactive ketones (excluding diaryl/α,β-unsaturated/α-hetero) is 1. The van der Waals surface area contributed by atoms with E-state index in [0.717, 1.165) is 24.0 Å². The number of hydrogen-bond donors (Lipinski definition) is 1. The van der Waals surface area contributed by atoms with Gasteiger partial charge in [-0.3, -0.25) is 14.0 Å². The Morgan fingerprint density at radius 1 is 1.02 bits per heavy atom. The number of rotatable bonds is 10. The number of ether oxygens (including phenoxy) is 1. The lowest BCUT2D eigenvalue weighted by Crippen LogP contribution is -2.49. The van der Waals surface area contributed by atoms with E-state index < -0.39 is 18.1 Å². The van der Waals surface area contributed by atoms with E-state index in [4.69, 9.17) is 9.15 Å². The highest BCUT2D eigenvalue weighted by Crippen LogP contribution is 2.36. The summed E-state index contributed by atoms with van der Waals surface area (Å²) in [6.45, 7) is 2.40. The van der Waals surface area contributed by atoms with Crippen LogP contribution < -0.4 is 0 Å². The number of halogens is 1. The largest absolute Gasteiger partial charge is 0.475 e. The number of nitrogens with zero attached hydrogens (tertiary/aromatic N) is 1. The zero-order chi connectivity index (χ0) is 28.2. The standard InChI is InChI=1S/C32H36FNO6/c1-20(18-33)23-8-10-24(11-9-23)31(36)34-14-13-28(39-19-21-5-3-2-4-6-21)30(34)26(35)16-22-7-12-27-25(15-22)17-29(40-27)32(37)38/h2-7,12,15,17,20,23-24,28,30H,8-11,13-14,16,18-19H2,1H3,(H,37,38)/t20-,23?,24?,28-,30-/m1/s1. The summed E-state index contributed by atoms with van der Waals surface area (Å²) in [4.78, 5) is 40.6. The zero-order valence-corrected chi connectivity index (χ0v) is 22.8. The Hall–Kier alpha value is -3.52. The van der Waals surface area contributed by atoms with Crippen molar-refractivity contribution in [1.29, 1.82) is 0 Å². The van der Waals surface area contributed by atoms with Crippen LogP contribution in [0, 0.1) is 17.8 Å². The molecule has 1 saturated heterocycles. The molecule has 8 heteroatoms. The number of carbonyl (C=O) groups is 3. The molecule has 40 heavy (non-hydrogen) atoms. The highest BCUT2D eigenvalue weighted by atomic mass is 19.1. The van der Waals surface area contributed by atoms with E-state index in [1.165, 1.54) is 6.07 Å². The number of carbonyl (C=O) groups excluding carboxylic acids is 2. The van der Waals surface area contributed by atoms with E-state index in [9.17, 15) is 23.9 Å². The lowest BCUT2D eigenvalue weighted by Gasteiger charge is -2.35. The summed E-state index contributed by atoms with van der Waals surface area (Å²) in [7, 11) is 0. The van der Waals surface area contributed by atoms with E-state index in [-0.39, 0.29) is 42.4 Å². The first-order valence-corrected chi connectivity index (χ1v) is 14.1. The monoisotopic (exact) mass is 549 g/mol. The third kappa shape index (κ3) is 6.12. The Balaban J connectivity index is 1.33. The van der Waals surface area contributed by atoms with Crippen molar-refractivity contribution in [2.24, 2.45) is 17.8 Å². The first kappa shape index (κ1) is 28.0. The molecular formula is C32H36FNO6. The molecule has 1 saturated carbocycles. The Bertz CT molecular complexity index is 1350. The quantitative estimate of drug-likeness (QED) is 0.341. The van der Waals surface area contributed by atoms with Gasteiger partial charge in [0.2, 0.25) is 11.7 Å². The SMILES string of the molecule is C[C@H](CF)C1CCC(C(=O)N2CC[C@@H](OCc3ccccc3)[C@H]2C(=O)Cc2ccc3oc(C(=O)O)cc3c2)CC1. The van der Waals surface area contributed by atoms with Gasteiger partial charge in [-0.2, -0.15) is 0 Å². The van der Waals surface area contributed by atoms with Gasteiger partial charge in [0.05, 0.1) is 19.4 Å². The fourth-order valence-corrected chi connectivity index (χ4v) is 6.25. The molecule has 1 aliphatic heterocycles. The van der Waals surface area contributed by atoms with Crippen LogP contribution in [0.5, 0.6) is 0 Å². The fourth-order valence-electron chi connectivity index (χ4n) is 6.25. The molecule has 3 aromatic rings. The van der Waals surface area contributed by atoms with Crippen LogP contribution in [-0.4, -0.2) is 53.0 Å².